The van der Waals surface area contributed by atoms with E-state index in [1.165, 1.54) is 5.56 Å². The van der Waals surface area contributed by atoms with Gasteiger partial charge in [0, 0.05) is 48.4 Å². The van der Waals surface area contributed by atoms with Gasteiger partial charge in [-0.2, -0.15) is 0 Å². The molecule has 2 aliphatic heterocycles. The second kappa shape index (κ2) is 11.1. The molecule has 2 fully saturated rings. The lowest BCUT2D eigenvalue weighted by molar-refractivity contribution is -0.0720. The molecule has 0 unspecified atom stereocenters. The van der Waals surface area contributed by atoms with Crippen molar-refractivity contribution in [3.63, 3.8) is 0 Å². The van der Waals surface area contributed by atoms with Gasteiger partial charge in [-0.25, -0.2) is 4.79 Å². The van der Waals surface area contributed by atoms with Gasteiger partial charge in [0.15, 0.2) is 0 Å². The maximum absolute atomic E-state index is 13.1. The van der Waals surface area contributed by atoms with E-state index in [1.54, 1.807) is 36.3 Å². The molecule has 2 saturated heterocycles. The lowest BCUT2D eigenvalue weighted by Crippen LogP contribution is -2.65. The fraction of sp³-hybridized carbons (Fsp3) is 0.300. The summed E-state index contributed by atoms with van der Waals surface area (Å²) in [4.78, 5) is 16.9. The molecule has 3 aromatic carbocycles. The van der Waals surface area contributed by atoms with Crippen molar-refractivity contribution >= 4 is 11.7 Å². The fourth-order valence-electron chi connectivity index (χ4n) is 4.94. The van der Waals surface area contributed by atoms with Gasteiger partial charge in [-0.15, -0.1) is 0 Å². The minimum atomic E-state index is -1.01. The Morgan fingerprint density at radius 3 is 2.16 bits per heavy atom. The summed E-state index contributed by atoms with van der Waals surface area (Å²) in [6, 6.07) is 25.0. The Morgan fingerprint density at radius 1 is 0.838 bits per heavy atom. The van der Waals surface area contributed by atoms with Crippen LogP contribution < -0.4 is 10.1 Å². The number of hydrogen-bond acceptors (Lipinski definition) is 5. The summed E-state index contributed by atoms with van der Waals surface area (Å²) in [7, 11) is 1.59. The number of rotatable bonds is 3. The van der Waals surface area contributed by atoms with Crippen molar-refractivity contribution in [1.82, 2.24) is 9.80 Å². The quantitative estimate of drug-likeness (QED) is 0.484. The highest BCUT2D eigenvalue weighted by molar-refractivity contribution is 5.89. The number of amides is 2. The zero-order valence-electron chi connectivity index (χ0n) is 20.7. The van der Waals surface area contributed by atoms with E-state index in [-0.39, 0.29) is 24.5 Å². The van der Waals surface area contributed by atoms with Gasteiger partial charge in [0.25, 0.3) is 0 Å². The Morgan fingerprint density at radius 2 is 1.49 bits per heavy atom. The Hall–Kier alpha value is -3.83. The number of β-amino-alcohol motifs (C(OH)–C–C–N with tert-alkyl or cyclic N) is 1. The van der Waals surface area contributed by atoms with Crippen LogP contribution in [0.4, 0.5) is 10.5 Å². The van der Waals surface area contributed by atoms with Gasteiger partial charge < -0.3 is 25.2 Å². The molecule has 0 spiro atoms. The minimum absolute atomic E-state index is 0.0463. The molecule has 190 valence electrons. The first-order chi connectivity index (χ1) is 18.0. The minimum Gasteiger partial charge on any atom is -0.497 e. The van der Waals surface area contributed by atoms with Gasteiger partial charge in [0.2, 0.25) is 0 Å². The standard InChI is InChI=1S/C30H31N3O4/c1-37-25-15-13-24(14-16-25)31-30(36)33-18-27-26(17-32(27)19-28(34)29(35)20-33)23-11-9-22(10-12-23)8-7-21-5-3-2-4-6-21/h2-6,9-16,26-29,34-35H,17-20H2,1H3,(H,31,36)/t26-,27+,28-,29+/m1/s1. The first-order valence-corrected chi connectivity index (χ1v) is 12.5. The molecule has 4 atom stereocenters. The lowest BCUT2D eigenvalue weighted by Gasteiger charge is -2.52. The van der Waals surface area contributed by atoms with Crippen LogP contribution in [0.3, 0.4) is 0 Å². The SMILES string of the molecule is COc1ccc(NC(=O)N2C[C@H](O)[C@H](O)CN3C[C@H](c4ccc(C#Cc5ccccc5)cc4)[C@@H]3C2)cc1. The molecule has 2 heterocycles. The second-order valence-corrected chi connectivity index (χ2v) is 9.56. The van der Waals surface area contributed by atoms with Gasteiger partial charge in [0.05, 0.1) is 25.9 Å². The molecular weight excluding hydrogens is 466 g/mol. The van der Waals surface area contributed by atoms with Crippen molar-refractivity contribution in [3.8, 4) is 17.6 Å². The maximum Gasteiger partial charge on any atom is 0.321 e. The number of benzene rings is 3. The van der Waals surface area contributed by atoms with Crippen LogP contribution in [0.25, 0.3) is 0 Å². The van der Waals surface area contributed by atoms with Crippen molar-refractivity contribution in [2.24, 2.45) is 0 Å². The van der Waals surface area contributed by atoms with Crippen molar-refractivity contribution in [2.75, 3.05) is 38.6 Å². The van der Waals surface area contributed by atoms with Crippen LogP contribution in [-0.2, 0) is 0 Å². The lowest BCUT2D eigenvalue weighted by atomic mass is 9.81. The molecule has 37 heavy (non-hydrogen) atoms. The molecule has 3 N–H and O–H groups in total. The smallest absolute Gasteiger partial charge is 0.321 e. The molecule has 2 aliphatic rings. The Kier molecular flexibility index (Phi) is 7.42. The Balaban J connectivity index is 1.29. The summed E-state index contributed by atoms with van der Waals surface area (Å²) < 4.78 is 5.18. The van der Waals surface area contributed by atoms with E-state index in [9.17, 15) is 15.0 Å². The zero-order chi connectivity index (χ0) is 25.8. The van der Waals surface area contributed by atoms with Gasteiger partial charge in [-0.3, -0.25) is 4.90 Å². The van der Waals surface area contributed by atoms with Crippen LogP contribution in [0.15, 0.2) is 78.9 Å². The van der Waals surface area contributed by atoms with Crippen molar-refractivity contribution in [2.45, 2.75) is 24.2 Å². The summed E-state index contributed by atoms with van der Waals surface area (Å²) in [6.45, 7) is 1.66. The molecule has 0 aliphatic carbocycles. The number of aliphatic hydroxyl groups excluding tert-OH is 2. The maximum atomic E-state index is 13.1. The summed E-state index contributed by atoms with van der Waals surface area (Å²) in [5, 5.41) is 23.9. The summed E-state index contributed by atoms with van der Waals surface area (Å²) in [5.74, 6) is 7.31. The first kappa shape index (κ1) is 24.8. The Bertz CT molecular complexity index is 1270. The molecule has 3 aromatic rings. The summed E-state index contributed by atoms with van der Waals surface area (Å²) in [6.07, 6.45) is -1.93. The number of methoxy groups -OCH3 is 1. The summed E-state index contributed by atoms with van der Waals surface area (Å²) in [5.41, 5.74) is 3.74. The topological polar surface area (TPSA) is 85.3 Å². The number of nitrogens with zero attached hydrogens (tertiary/aromatic N) is 2. The highest BCUT2D eigenvalue weighted by atomic mass is 16.5. The van der Waals surface area contributed by atoms with E-state index in [1.807, 2.05) is 42.5 Å². The fourth-order valence-corrected chi connectivity index (χ4v) is 4.94. The molecule has 2 amide bonds. The number of nitrogens with one attached hydrogen (secondary N) is 1. The second-order valence-electron chi connectivity index (χ2n) is 9.56. The van der Waals surface area contributed by atoms with E-state index in [4.69, 9.17) is 4.74 Å². The normalized spacial score (nSPS) is 23.4. The van der Waals surface area contributed by atoms with Crippen molar-refractivity contribution < 1.29 is 19.7 Å². The van der Waals surface area contributed by atoms with Crippen LogP contribution in [0.5, 0.6) is 5.75 Å². The molecule has 7 nitrogen and oxygen atoms in total. The highest BCUT2D eigenvalue weighted by Gasteiger charge is 2.44. The number of fused-ring (bicyclic) bond motifs is 1. The largest absolute Gasteiger partial charge is 0.497 e. The molecule has 0 saturated carbocycles. The number of ether oxygens (including phenoxy) is 1. The molecule has 0 bridgehead atoms. The van der Waals surface area contributed by atoms with Crippen molar-refractivity contribution in [3.05, 3.63) is 95.6 Å². The predicted octanol–water partition coefficient (Wildman–Crippen LogP) is 3.13. The predicted molar refractivity (Wildman–Crippen MR) is 143 cm³/mol. The van der Waals surface area contributed by atoms with Gasteiger partial charge >= 0.3 is 6.03 Å². The van der Waals surface area contributed by atoms with Crippen LogP contribution in [0.2, 0.25) is 0 Å². The van der Waals surface area contributed by atoms with E-state index in [0.717, 1.165) is 17.7 Å². The van der Waals surface area contributed by atoms with Crippen LogP contribution in [-0.4, -0.2) is 77.6 Å². The third-order valence-electron chi connectivity index (χ3n) is 7.14. The highest BCUT2D eigenvalue weighted by Crippen LogP contribution is 2.36. The van der Waals surface area contributed by atoms with Crippen molar-refractivity contribution in [1.29, 1.82) is 0 Å². The first-order valence-electron chi connectivity index (χ1n) is 12.5. The number of anilines is 1. The van der Waals surface area contributed by atoms with Gasteiger partial charge in [-0.05, 0) is 54.1 Å². The van der Waals surface area contributed by atoms with Crippen LogP contribution >= 0.6 is 0 Å². The number of urea groups is 1. The average Bonchev–Trinajstić information content (AvgIpc) is 2.92. The van der Waals surface area contributed by atoms with E-state index in [0.29, 0.717) is 24.5 Å². The van der Waals surface area contributed by atoms with E-state index in [2.05, 4.69) is 34.2 Å². The Labute approximate surface area is 217 Å². The number of carbonyl (C=O) groups excluding carboxylic acids is 1. The number of carbonyl (C=O) groups is 1. The van der Waals surface area contributed by atoms with Gasteiger partial charge in [0.1, 0.15) is 5.75 Å². The molecule has 7 heteroatoms. The van der Waals surface area contributed by atoms with Crippen LogP contribution in [0, 0.1) is 11.8 Å². The van der Waals surface area contributed by atoms with E-state index < -0.39 is 12.2 Å². The monoisotopic (exact) mass is 497 g/mol. The summed E-state index contributed by atoms with van der Waals surface area (Å²) >= 11 is 0. The average molecular weight is 498 g/mol. The molecular formula is C30H31N3O4. The number of aliphatic hydroxyl groups is 2. The van der Waals surface area contributed by atoms with E-state index >= 15 is 0 Å². The number of hydrogen-bond donors (Lipinski definition) is 3. The third-order valence-corrected chi connectivity index (χ3v) is 7.14. The molecule has 0 radical (unpaired) electrons. The van der Waals surface area contributed by atoms with Gasteiger partial charge in [-0.1, -0.05) is 42.2 Å². The zero-order valence-corrected chi connectivity index (χ0v) is 20.7. The van der Waals surface area contributed by atoms with Crippen LogP contribution in [0.1, 0.15) is 22.6 Å². The third kappa shape index (κ3) is 5.78. The molecule has 5 rings (SSSR count). The molecule has 0 aromatic heterocycles.